The minimum Gasteiger partial charge on any atom is -0.291 e. The van der Waals surface area contributed by atoms with Crippen LogP contribution in [0.15, 0.2) is 22.8 Å². The number of nitrogens with two attached hydrogens (primary N) is 2. The third-order valence-electron chi connectivity index (χ3n) is 2.22. The predicted octanol–water partition coefficient (Wildman–Crippen LogP) is 0.712. The molecule has 0 aliphatic carbocycles. The smallest absolute Gasteiger partial charge is 0.291 e. The summed E-state index contributed by atoms with van der Waals surface area (Å²) >= 11 is 4.94. The van der Waals surface area contributed by atoms with Gasteiger partial charge >= 0.3 is 0 Å². The van der Waals surface area contributed by atoms with Gasteiger partial charge in [0.15, 0.2) is 0 Å². The standard InChI is InChI=1S/C10H11BrN4S/c1-6-3-2-4-8-14-7(5-16-10(12)13)9(11)15(6)8/h2-4H,5H2,1H3,(H3,12,13)/p+1. The first kappa shape index (κ1) is 11.5. The summed E-state index contributed by atoms with van der Waals surface area (Å²) in [5, 5.41) is 5.78. The molecule has 0 radical (unpaired) electrons. The molecule has 0 saturated carbocycles. The van der Waals surface area contributed by atoms with Crippen LogP contribution in [0.4, 0.5) is 0 Å². The molecule has 2 rings (SSSR count). The Bertz CT molecular complexity index is 549. The van der Waals surface area contributed by atoms with Gasteiger partial charge in [0.25, 0.3) is 5.17 Å². The number of aromatic nitrogens is 2. The van der Waals surface area contributed by atoms with Crippen molar-refractivity contribution in [2.45, 2.75) is 12.7 Å². The van der Waals surface area contributed by atoms with Gasteiger partial charge in [-0.25, -0.2) is 4.98 Å². The molecule has 4 N–H and O–H groups in total. The molecule has 0 spiro atoms. The van der Waals surface area contributed by atoms with E-state index in [0.29, 0.717) is 10.9 Å². The molecule has 0 unspecified atom stereocenters. The van der Waals surface area contributed by atoms with E-state index in [-0.39, 0.29) is 0 Å². The van der Waals surface area contributed by atoms with Crippen molar-refractivity contribution in [1.29, 1.82) is 0 Å². The Balaban J connectivity index is 2.44. The van der Waals surface area contributed by atoms with Crippen molar-refractivity contribution in [2.75, 3.05) is 0 Å². The molecule has 0 aliphatic heterocycles. The van der Waals surface area contributed by atoms with Crippen LogP contribution < -0.4 is 11.1 Å². The summed E-state index contributed by atoms with van der Waals surface area (Å²) in [6.07, 6.45) is 0. The summed E-state index contributed by atoms with van der Waals surface area (Å²) in [4.78, 5) is 4.52. The van der Waals surface area contributed by atoms with Crippen molar-refractivity contribution < 1.29 is 5.41 Å². The van der Waals surface area contributed by atoms with E-state index in [1.165, 1.54) is 11.8 Å². The number of thioether (sulfide) groups is 1. The van der Waals surface area contributed by atoms with E-state index in [1.54, 1.807) is 0 Å². The van der Waals surface area contributed by atoms with Gasteiger partial charge in [-0.15, -0.1) is 0 Å². The highest BCUT2D eigenvalue weighted by atomic mass is 79.9. The van der Waals surface area contributed by atoms with Crippen LogP contribution in [-0.4, -0.2) is 14.6 Å². The number of fused-ring (bicyclic) bond motifs is 1. The van der Waals surface area contributed by atoms with Gasteiger partial charge in [-0.2, -0.15) is 0 Å². The Morgan fingerprint density at radius 1 is 1.62 bits per heavy atom. The fourth-order valence-corrected chi connectivity index (χ4v) is 2.88. The minimum absolute atomic E-state index is 0.362. The first-order chi connectivity index (χ1) is 7.59. The van der Waals surface area contributed by atoms with Crippen LogP contribution in [0.5, 0.6) is 0 Å². The number of aryl methyl sites for hydroxylation is 1. The maximum absolute atomic E-state index is 5.42. The van der Waals surface area contributed by atoms with E-state index in [4.69, 9.17) is 11.1 Å². The molecule has 2 aromatic rings. The molecule has 0 amide bonds. The van der Waals surface area contributed by atoms with Crippen molar-refractivity contribution in [1.82, 2.24) is 9.38 Å². The molecule has 0 aliphatic rings. The van der Waals surface area contributed by atoms with Crippen LogP contribution in [0.25, 0.3) is 5.65 Å². The molecule has 0 aromatic carbocycles. The molecule has 6 heteroatoms. The lowest BCUT2D eigenvalue weighted by Crippen LogP contribution is -2.43. The van der Waals surface area contributed by atoms with Gasteiger partial charge in [-0.05, 0) is 46.7 Å². The van der Waals surface area contributed by atoms with E-state index in [2.05, 4.69) is 25.3 Å². The highest BCUT2D eigenvalue weighted by Crippen LogP contribution is 2.23. The molecule has 84 valence electrons. The van der Waals surface area contributed by atoms with E-state index < -0.39 is 0 Å². The zero-order valence-electron chi connectivity index (χ0n) is 8.77. The van der Waals surface area contributed by atoms with Crippen LogP contribution >= 0.6 is 27.7 Å². The average molecular weight is 300 g/mol. The number of amidine groups is 1. The Morgan fingerprint density at radius 3 is 3.00 bits per heavy atom. The molecule has 0 fully saturated rings. The summed E-state index contributed by atoms with van der Waals surface area (Å²) in [6, 6.07) is 6.01. The van der Waals surface area contributed by atoms with Crippen LogP contribution in [0.1, 0.15) is 11.4 Å². The molecule has 2 heterocycles. The maximum atomic E-state index is 5.42. The Hall–Kier alpha value is -1.01. The number of hydrogen-bond donors (Lipinski definition) is 2. The van der Waals surface area contributed by atoms with Crippen molar-refractivity contribution in [3.05, 3.63) is 34.2 Å². The lowest BCUT2D eigenvalue weighted by atomic mass is 10.4. The summed E-state index contributed by atoms with van der Waals surface area (Å²) in [6.45, 7) is 2.04. The Kier molecular flexibility index (Phi) is 3.20. The van der Waals surface area contributed by atoms with Crippen molar-refractivity contribution in [3.8, 4) is 0 Å². The Labute approximate surface area is 106 Å². The summed E-state index contributed by atoms with van der Waals surface area (Å²) in [5.74, 6) is 0.671. The van der Waals surface area contributed by atoms with Gasteiger partial charge in [0.1, 0.15) is 10.3 Å². The topological polar surface area (TPSA) is 68.9 Å². The van der Waals surface area contributed by atoms with Gasteiger partial charge in [0, 0.05) is 5.69 Å². The van der Waals surface area contributed by atoms with Crippen molar-refractivity contribution in [2.24, 2.45) is 5.73 Å². The summed E-state index contributed by atoms with van der Waals surface area (Å²) < 4.78 is 3.03. The fraction of sp³-hybridized carbons (Fsp3) is 0.200. The number of hydrogen-bond acceptors (Lipinski definition) is 2. The van der Waals surface area contributed by atoms with Crippen LogP contribution in [0.3, 0.4) is 0 Å². The summed E-state index contributed by atoms with van der Waals surface area (Å²) in [7, 11) is 0. The highest BCUT2D eigenvalue weighted by Gasteiger charge is 2.12. The van der Waals surface area contributed by atoms with Crippen LogP contribution in [-0.2, 0) is 5.75 Å². The lowest BCUT2D eigenvalue weighted by Gasteiger charge is -1.99. The molecule has 0 saturated heterocycles. The molecule has 4 nitrogen and oxygen atoms in total. The van der Waals surface area contributed by atoms with Gasteiger partial charge in [-0.3, -0.25) is 15.5 Å². The van der Waals surface area contributed by atoms with Gasteiger partial charge in [0.2, 0.25) is 0 Å². The molecule has 0 bridgehead atoms. The van der Waals surface area contributed by atoms with Gasteiger partial charge < -0.3 is 0 Å². The number of rotatable bonds is 2. The second kappa shape index (κ2) is 4.47. The SMILES string of the molecule is Cc1cccc2nc(CSC(N)=[NH2+])c(Br)n12. The van der Waals surface area contributed by atoms with Gasteiger partial charge in [0.05, 0.1) is 11.4 Å². The molecular weight excluding hydrogens is 288 g/mol. The van der Waals surface area contributed by atoms with Crippen molar-refractivity contribution in [3.63, 3.8) is 0 Å². The highest BCUT2D eigenvalue weighted by molar-refractivity contribution is 9.10. The first-order valence-corrected chi connectivity index (χ1v) is 6.50. The normalized spacial score (nSPS) is 10.9. The van der Waals surface area contributed by atoms with Crippen molar-refractivity contribution >= 4 is 38.5 Å². The largest absolute Gasteiger partial charge is 0.300 e. The second-order valence-electron chi connectivity index (χ2n) is 3.40. The number of imidazole rings is 1. The maximum Gasteiger partial charge on any atom is 0.300 e. The third-order valence-corrected chi connectivity index (χ3v) is 3.79. The molecule has 2 aromatic heterocycles. The van der Waals surface area contributed by atoms with Gasteiger partial charge in [-0.1, -0.05) is 6.07 Å². The lowest BCUT2D eigenvalue weighted by molar-refractivity contribution is -0.110. The Morgan fingerprint density at radius 2 is 2.38 bits per heavy atom. The van der Waals surface area contributed by atoms with E-state index in [1.807, 2.05) is 25.1 Å². The first-order valence-electron chi connectivity index (χ1n) is 4.72. The molecule has 16 heavy (non-hydrogen) atoms. The molecule has 0 atom stereocenters. The van der Waals surface area contributed by atoms with E-state index in [9.17, 15) is 0 Å². The zero-order valence-corrected chi connectivity index (χ0v) is 11.2. The zero-order chi connectivity index (χ0) is 11.7. The van der Waals surface area contributed by atoms with Crippen LogP contribution in [0.2, 0.25) is 0 Å². The number of pyridine rings is 1. The third kappa shape index (κ3) is 2.08. The average Bonchev–Trinajstić information content (AvgIpc) is 2.54. The monoisotopic (exact) mass is 299 g/mol. The number of halogens is 1. The van der Waals surface area contributed by atoms with E-state index >= 15 is 0 Å². The van der Waals surface area contributed by atoms with Crippen LogP contribution in [0, 0.1) is 6.92 Å². The second-order valence-corrected chi connectivity index (χ2v) is 5.20. The summed E-state index contributed by atoms with van der Waals surface area (Å²) in [5.41, 5.74) is 8.44. The quantitative estimate of drug-likeness (QED) is 0.634. The predicted molar refractivity (Wildman–Crippen MR) is 70.0 cm³/mol. The minimum atomic E-state index is 0.362. The number of nitrogens with zero attached hydrogens (tertiary/aromatic N) is 2. The fourth-order valence-electron chi connectivity index (χ4n) is 1.50. The molecular formula is C10H12BrN4S+. The van der Waals surface area contributed by atoms with E-state index in [0.717, 1.165) is 21.6 Å².